The van der Waals surface area contributed by atoms with Crippen LogP contribution in [0.4, 0.5) is 0 Å². The van der Waals surface area contributed by atoms with Crippen molar-refractivity contribution in [2.75, 3.05) is 0 Å². The molecule has 9 aromatic rings. The molecule has 0 unspecified atom stereocenters. The second kappa shape index (κ2) is 17.0. The summed E-state index contributed by atoms with van der Waals surface area (Å²) in [5.41, 5.74) is -5.51. The van der Waals surface area contributed by atoms with Crippen molar-refractivity contribution < 1.29 is 34.6 Å². The maximum absolute atomic E-state index is 9.81. The Morgan fingerprint density at radius 3 is 1.67 bits per heavy atom. The van der Waals surface area contributed by atoms with Crippen molar-refractivity contribution in [2.45, 2.75) is 58.8 Å². The molecule has 5 heteroatoms. The number of hydrogen-bond acceptors (Lipinski definition) is 5. The molecular weight excluding hydrogens is 733 g/mol. The van der Waals surface area contributed by atoms with Crippen LogP contribution in [0.15, 0.2) is 156 Å². The van der Waals surface area contributed by atoms with Crippen molar-refractivity contribution in [2.24, 2.45) is 0 Å². The second-order valence-corrected chi connectivity index (χ2v) is 13.6. The molecule has 0 aliphatic carbocycles. The van der Waals surface area contributed by atoms with Crippen molar-refractivity contribution in [3.63, 3.8) is 0 Å². The number of rotatable bonds is 12. The minimum absolute atomic E-state index is 0.0894. The van der Waals surface area contributed by atoms with Gasteiger partial charge in [0.2, 0.25) is 0 Å². The summed E-state index contributed by atoms with van der Waals surface area (Å²) in [4.78, 5) is 13.0. The average molecular weight is 801 g/mol. The molecule has 0 aliphatic rings. The van der Waals surface area contributed by atoms with Gasteiger partial charge in [0.05, 0.1) is 30.1 Å². The Morgan fingerprint density at radius 1 is 0.550 bits per heavy atom. The Morgan fingerprint density at radius 2 is 1.12 bits per heavy atom. The van der Waals surface area contributed by atoms with Gasteiger partial charge in [-0.05, 0) is 140 Å². The fourth-order valence-corrected chi connectivity index (χ4v) is 6.63. The van der Waals surface area contributed by atoms with Crippen molar-refractivity contribution in [3.05, 3.63) is 208 Å². The van der Waals surface area contributed by atoms with Crippen LogP contribution in [0.5, 0.6) is 0 Å². The topological polar surface area (TPSA) is 75.6 Å². The lowest BCUT2D eigenvalue weighted by Gasteiger charge is -2.13. The van der Waals surface area contributed by atoms with Crippen LogP contribution in [0.2, 0.25) is 0 Å². The van der Waals surface area contributed by atoms with Crippen LogP contribution in [0, 0.1) is 31.9 Å². The highest BCUT2D eigenvalue weighted by Crippen LogP contribution is 2.37. The Labute approximate surface area is 383 Å². The summed E-state index contributed by atoms with van der Waals surface area (Å²) in [7, 11) is 0. The molecule has 4 heterocycles. The average Bonchev–Trinajstić information content (AvgIpc) is 2.15. The van der Waals surface area contributed by atoms with Crippen molar-refractivity contribution in [1.29, 1.82) is 5.26 Å². The fraction of sp³-hybridized carbons (Fsp3) is 0.164. The standard InChI is InChI=1S/C55H46N4O/c1-36-27-52(43-11-6-4-7-12-43)58-34-46(36)22-19-41-29-40(30-42(31-41)20-23-47-35-59-53(28-37(47)2)44-13-8-5-9-14-44)18-17-39-21-26-51(57-33-39)50-16-10-15-48-49-25-24-45(32-56)38(3)54(49)60-55(48)50/h4-16,21,24-31,33-35H,17-20,22-23H2,1-3H3/i1D3,2D3,3D3,17D2,18D2,19D2,20D2,22D2,23D2,24D. The molecule has 0 N–H and O–H groups in total. The van der Waals surface area contributed by atoms with Gasteiger partial charge >= 0.3 is 0 Å². The van der Waals surface area contributed by atoms with E-state index >= 15 is 0 Å². The molecule has 0 atom stereocenters. The number of hydrogen-bond donors (Lipinski definition) is 0. The molecule has 0 aliphatic heterocycles. The molecule has 0 amide bonds. The van der Waals surface area contributed by atoms with Gasteiger partial charge in [0.15, 0.2) is 0 Å². The van der Waals surface area contributed by atoms with Crippen molar-refractivity contribution in [3.8, 4) is 39.8 Å². The molecular formula is C55H46N4O. The number of furan rings is 1. The van der Waals surface area contributed by atoms with E-state index in [4.69, 9.17) is 18.1 Å². The zero-order chi connectivity index (χ0) is 60.1. The van der Waals surface area contributed by atoms with Gasteiger partial charge in [0.25, 0.3) is 0 Å². The highest BCUT2D eigenvalue weighted by molar-refractivity contribution is 6.10. The summed E-state index contributed by atoms with van der Waals surface area (Å²) in [6.07, 6.45) is -17.9. The lowest BCUT2D eigenvalue weighted by molar-refractivity contribution is 0.666. The summed E-state index contributed by atoms with van der Waals surface area (Å²) in [6.45, 7) is -9.05. The first-order chi connectivity index (χ1) is 38.0. The molecule has 0 saturated carbocycles. The van der Waals surface area contributed by atoms with E-state index in [1.54, 1.807) is 84.9 Å². The number of benzene rings is 5. The summed E-state index contributed by atoms with van der Waals surface area (Å²) in [6, 6.07) is 30.8. The molecule has 4 aromatic heterocycles. The van der Waals surface area contributed by atoms with Crippen LogP contribution in [0.25, 0.3) is 55.7 Å². The molecule has 0 spiro atoms. The summed E-state index contributed by atoms with van der Waals surface area (Å²) < 4.78 is 204. The van der Waals surface area contributed by atoms with Crippen molar-refractivity contribution in [1.82, 2.24) is 15.0 Å². The first kappa shape index (κ1) is 20.7. The minimum Gasteiger partial charge on any atom is -0.455 e. The molecule has 0 fully saturated rings. The predicted molar refractivity (Wildman–Crippen MR) is 244 cm³/mol. The highest BCUT2D eigenvalue weighted by Gasteiger charge is 2.16. The lowest BCUT2D eigenvalue weighted by atomic mass is 9.93. The zero-order valence-corrected chi connectivity index (χ0v) is 31.6. The van der Waals surface area contributed by atoms with Crippen LogP contribution < -0.4 is 0 Å². The molecule has 60 heavy (non-hydrogen) atoms. The van der Waals surface area contributed by atoms with E-state index in [0.29, 0.717) is 22.6 Å². The van der Waals surface area contributed by atoms with Crippen molar-refractivity contribution >= 4 is 21.9 Å². The van der Waals surface area contributed by atoms with Crippen LogP contribution in [0.1, 0.15) is 85.8 Å². The number of nitriles is 1. The minimum atomic E-state index is -3.52. The van der Waals surface area contributed by atoms with Gasteiger partial charge in [-0.3, -0.25) is 15.0 Å². The third kappa shape index (κ3) is 8.10. The van der Waals surface area contributed by atoms with E-state index in [9.17, 15) is 21.7 Å². The Kier molecular flexibility index (Phi) is 5.85. The predicted octanol–water partition coefficient (Wildman–Crippen LogP) is 12.9. The molecule has 0 radical (unpaired) electrons. The van der Waals surface area contributed by atoms with Gasteiger partial charge in [-0.1, -0.05) is 97.1 Å². The van der Waals surface area contributed by atoms with E-state index in [2.05, 4.69) is 15.0 Å². The second-order valence-electron chi connectivity index (χ2n) is 13.6. The summed E-state index contributed by atoms with van der Waals surface area (Å²) in [5, 5.41) is 10.4. The van der Waals surface area contributed by atoms with E-state index in [1.165, 1.54) is 12.1 Å². The zero-order valence-electron chi connectivity index (χ0n) is 53.6. The Balaban J connectivity index is 1.20. The SMILES string of the molecule is [2H]c1cc2c(oc3c(-c4ccc(C([2H])([2H])C([2H])([2H])c5cc(C([2H])([2H])C([2H])([2H])c6cnc(-c7ccccc7)cc6C([2H])([2H])[2H])cc(C([2H])([2H])C([2H])([2H])c6cnc(-c7ccccc7)cc6C([2H])([2H])[2H])c5)cn4)cccc32)c(C([2H])([2H])[2H])c1C#N. The van der Waals surface area contributed by atoms with Gasteiger partial charge in [-0.25, -0.2) is 0 Å². The fourth-order valence-electron chi connectivity index (χ4n) is 6.63. The largest absolute Gasteiger partial charge is 0.455 e. The first-order valence-electron chi connectivity index (χ1n) is 29.6. The first-order valence-corrected chi connectivity index (χ1v) is 18.6. The van der Waals surface area contributed by atoms with E-state index in [1.807, 2.05) is 0 Å². The Hall–Kier alpha value is -7.16. The number of nitrogens with zero attached hydrogens (tertiary/aromatic N) is 4. The smallest absolute Gasteiger partial charge is 0.144 e. The number of aryl methyl sites for hydroxylation is 9. The third-order valence-electron chi connectivity index (χ3n) is 9.66. The molecule has 0 bridgehead atoms. The highest BCUT2D eigenvalue weighted by atomic mass is 16.3. The molecule has 0 saturated heterocycles. The van der Waals surface area contributed by atoms with Gasteiger partial charge in [0, 0.05) is 80.4 Å². The Bertz CT molecular complexity index is 3830. The molecule has 9 rings (SSSR count). The van der Waals surface area contributed by atoms with Gasteiger partial charge < -0.3 is 4.42 Å². The maximum atomic E-state index is 9.81. The molecule has 5 nitrogen and oxygen atoms in total. The molecule has 5 aromatic carbocycles. The maximum Gasteiger partial charge on any atom is 0.144 e. The molecule has 292 valence electrons. The van der Waals surface area contributed by atoms with E-state index < -0.39 is 114 Å². The number of pyridine rings is 3. The summed E-state index contributed by atoms with van der Waals surface area (Å²) in [5.74, 6) is 0. The van der Waals surface area contributed by atoms with Gasteiger partial charge in [0.1, 0.15) is 11.2 Å². The quantitative estimate of drug-likeness (QED) is 0.123. The number of para-hydroxylation sites is 1. The van der Waals surface area contributed by atoms with E-state index in [0.717, 1.165) is 48.9 Å². The number of aromatic nitrogens is 3. The lowest BCUT2D eigenvalue weighted by Crippen LogP contribution is -2.02. The summed E-state index contributed by atoms with van der Waals surface area (Å²) >= 11 is 0. The van der Waals surface area contributed by atoms with Crippen LogP contribution in [-0.4, -0.2) is 15.0 Å². The number of fused-ring (bicyclic) bond motifs is 3. The third-order valence-corrected chi connectivity index (χ3v) is 9.66. The van der Waals surface area contributed by atoms with Gasteiger partial charge in [-0.15, -0.1) is 0 Å². The monoisotopic (exact) mass is 801 g/mol. The van der Waals surface area contributed by atoms with Crippen LogP contribution in [-0.2, 0) is 38.2 Å². The van der Waals surface area contributed by atoms with Crippen LogP contribution in [0.3, 0.4) is 0 Å². The van der Waals surface area contributed by atoms with Gasteiger partial charge in [-0.2, -0.15) is 5.26 Å². The van der Waals surface area contributed by atoms with E-state index in [-0.39, 0.29) is 45.2 Å². The van der Waals surface area contributed by atoms with Crippen LogP contribution >= 0.6 is 0 Å². The normalized spacial score (nSPS) is 18.8.